The molecule has 3 nitrogen and oxygen atoms in total. The molecular weight excluding hydrogens is 518 g/mol. The SMILES string of the molecule is Cc1ccc(OC[C@@H](I)CC/C=C/C(=O)OC(C)(C)C)cc1I. The third kappa shape index (κ3) is 9.54. The van der Waals surface area contributed by atoms with Crippen LogP contribution in [-0.2, 0) is 9.53 Å². The van der Waals surface area contributed by atoms with Crippen molar-refractivity contribution in [3.63, 3.8) is 0 Å². The molecule has 0 aromatic heterocycles. The number of carbonyl (C=O) groups excluding carboxylic acids is 1. The Bertz CT molecular complexity index is 548. The second-order valence-electron chi connectivity index (χ2n) is 6.33. The van der Waals surface area contributed by atoms with Crippen LogP contribution in [0, 0.1) is 10.5 Å². The Morgan fingerprint density at radius 3 is 2.65 bits per heavy atom. The Kier molecular flexibility index (Phi) is 8.89. The summed E-state index contributed by atoms with van der Waals surface area (Å²) < 4.78 is 12.6. The number of aryl methyl sites for hydroxylation is 1. The Labute approximate surface area is 166 Å². The molecule has 0 unspecified atom stereocenters. The minimum Gasteiger partial charge on any atom is -0.492 e. The molecule has 0 saturated heterocycles. The lowest BCUT2D eigenvalue weighted by molar-refractivity contribution is -0.148. The van der Waals surface area contributed by atoms with Crippen molar-refractivity contribution in [3.05, 3.63) is 39.5 Å². The topological polar surface area (TPSA) is 35.5 Å². The van der Waals surface area contributed by atoms with Crippen LogP contribution in [0.4, 0.5) is 0 Å². The summed E-state index contributed by atoms with van der Waals surface area (Å²) in [7, 11) is 0. The van der Waals surface area contributed by atoms with E-state index in [0.717, 1.165) is 18.6 Å². The molecule has 5 heteroatoms. The van der Waals surface area contributed by atoms with Crippen LogP contribution >= 0.6 is 45.2 Å². The zero-order valence-corrected chi connectivity index (χ0v) is 18.4. The van der Waals surface area contributed by atoms with E-state index in [1.54, 1.807) is 0 Å². The maximum Gasteiger partial charge on any atom is 0.330 e. The summed E-state index contributed by atoms with van der Waals surface area (Å²) in [6, 6.07) is 6.13. The highest BCUT2D eigenvalue weighted by Gasteiger charge is 2.13. The number of esters is 1. The number of benzene rings is 1. The zero-order valence-electron chi connectivity index (χ0n) is 14.1. The number of alkyl halides is 1. The zero-order chi connectivity index (χ0) is 17.5. The highest BCUT2D eigenvalue weighted by Crippen LogP contribution is 2.20. The molecule has 0 N–H and O–H groups in total. The second-order valence-corrected chi connectivity index (χ2v) is 9.26. The predicted molar refractivity (Wildman–Crippen MR) is 111 cm³/mol. The lowest BCUT2D eigenvalue weighted by atomic mass is 10.2. The van der Waals surface area contributed by atoms with E-state index in [2.05, 4.69) is 64.2 Å². The Morgan fingerprint density at radius 1 is 1.35 bits per heavy atom. The van der Waals surface area contributed by atoms with Crippen molar-refractivity contribution in [1.82, 2.24) is 0 Å². The number of halogens is 2. The molecule has 0 bridgehead atoms. The maximum atomic E-state index is 11.5. The Morgan fingerprint density at radius 2 is 2.04 bits per heavy atom. The van der Waals surface area contributed by atoms with Gasteiger partial charge in [-0.05, 0) is 80.8 Å². The van der Waals surface area contributed by atoms with Crippen molar-refractivity contribution >= 4 is 51.2 Å². The molecule has 0 aliphatic rings. The van der Waals surface area contributed by atoms with Crippen molar-refractivity contribution in [2.75, 3.05) is 6.61 Å². The van der Waals surface area contributed by atoms with Gasteiger partial charge in [0, 0.05) is 13.6 Å². The minimum atomic E-state index is -0.438. The number of hydrogen-bond donors (Lipinski definition) is 0. The average molecular weight is 542 g/mol. The highest BCUT2D eigenvalue weighted by atomic mass is 127. The van der Waals surface area contributed by atoms with Gasteiger partial charge in [-0.15, -0.1) is 0 Å². The van der Waals surface area contributed by atoms with E-state index in [9.17, 15) is 4.79 Å². The summed E-state index contributed by atoms with van der Waals surface area (Å²) in [4.78, 5) is 11.5. The molecule has 0 saturated carbocycles. The van der Waals surface area contributed by atoms with Crippen molar-refractivity contribution in [1.29, 1.82) is 0 Å². The van der Waals surface area contributed by atoms with Gasteiger partial charge < -0.3 is 9.47 Å². The number of rotatable bonds is 7. The quantitative estimate of drug-likeness (QED) is 0.199. The number of allylic oxidation sites excluding steroid dienone is 1. The van der Waals surface area contributed by atoms with Gasteiger partial charge in [-0.1, -0.05) is 34.7 Å². The van der Waals surface area contributed by atoms with E-state index in [4.69, 9.17) is 9.47 Å². The van der Waals surface area contributed by atoms with Gasteiger partial charge in [0.25, 0.3) is 0 Å². The van der Waals surface area contributed by atoms with Gasteiger partial charge in [0.1, 0.15) is 11.4 Å². The summed E-state index contributed by atoms with van der Waals surface area (Å²) in [5, 5.41) is 0. The molecule has 0 heterocycles. The minimum absolute atomic E-state index is 0.284. The highest BCUT2D eigenvalue weighted by molar-refractivity contribution is 14.1. The molecular formula is C18H24I2O3. The third-order valence-corrected chi connectivity index (χ3v) is 5.03. The van der Waals surface area contributed by atoms with E-state index in [1.807, 2.05) is 32.9 Å². The first-order chi connectivity index (χ1) is 10.7. The van der Waals surface area contributed by atoms with Crippen LogP contribution in [0.5, 0.6) is 5.75 Å². The van der Waals surface area contributed by atoms with Gasteiger partial charge in [0.05, 0.1) is 6.61 Å². The average Bonchev–Trinajstić information content (AvgIpc) is 2.43. The van der Waals surface area contributed by atoms with E-state index < -0.39 is 5.60 Å². The fraction of sp³-hybridized carbons (Fsp3) is 0.500. The van der Waals surface area contributed by atoms with Crippen LogP contribution in [0.15, 0.2) is 30.4 Å². The molecule has 0 radical (unpaired) electrons. The van der Waals surface area contributed by atoms with Gasteiger partial charge in [-0.25, -0.2) is 4.79 Å². The van der Waals surface area contributed by atoms with E-state index >= 15 is 0 Å². The molecule has 23 heavy (non-hydrogen) atoms. The van der Waals surface area contributed by atoms with Crippen molar-refractivity contribution in [3.8, 4) is 5.75 Å². The van der Waals surface area contributed by atoms with Crippen LogP contribution in [0.25, 0.3) is 0 Å². The lowest BCUT2D eigenvalue weighted by Gasteiger charge is -2.17. The van der Waals surface area contributed by atoms with Crippen molar-refractivity contribution in [2.24, 2.45) is 0 Å². The third-order valence-electron chi connectivity index (χ3n) is 2.88. The summed E-state index contributed by atoms with van der Waals surface area (Å²) in [5.41, 5.74) is 0.823. The molecule has 1 rings (SSSR count). The normalized spacial score (nSPS) is 13.1. The molecule has 0 aliphatic carbocycles. The Hall–Kier alpha value is -0.310. The maximum absolute atomic E-state index is 11.5. The van der Waals surface area contributed by atoms with Gasteiger partial charge in [-0.2, -0.15) is 0 Å². The molecule has 0 fully saturated rings. The second kappa shape index (κ2) is 9.86. The van der Waals surface area contributed by atoms with Gasteiger partial charge in [0.15, 0.2) is 0 Å². The lowest BCUT2D eigenvalue weighted by Crippen LogP contribution is -2.22. The Balaban J connectivity index is 2.27. The van der Waals surface area contributed by atoms with Crippen LogP contribution in [0.3, 0.4) is 0 Å². The molecule has 128 valence electrons. The van der Waals surface area contributed by atoms with Crippen molar-refractivity contribution in [2.45, 2.75) is 50.1 Å². The first-order valence-electron chi connectivity index (χ1n) is 7.60. The van der Waals surface area contributed by atoms with Gasteiger partial charge in [-0.3, -0.25) is 0 Å². The van der Waals surface area contributed by atoms with Crippen LogP contribution in [-0.4, -0.2) is 22.1 Å². The summed E-state index contributed by atoms with van der Waals surface area (Å²) in [6.45, 7) is 8.35. The first kappa shape index (κ1) is 20.7. The first-order valence-corrected chi connectivity index (χ1v) is 9.92. The fourth-order valence-corrected chi connectivity index (χ4v) is 2.75. The molecule has 0 aliphatic heterocycles. The largest absolute Gasteiger partial charge is 0.492 e. The van der Waals surface area contributed by atoms with E-state index in [1.165, 1.54) is 15.2 Å². The number of hydrogen-bond acceptors (Lipinski definition) is 3. The smallest absolute Gasteiger partial charge is 0.330 e. The van der Waals surface area contributed by atoms with Crippen LogP contribution in [0.1, 0.15) is 39.2 Å². The van der Waals surface area contributed by atoms with Crippen LogP contribution < -0.4 is 4.74 Å². The molecule has 1 atom stereocenters. The molecule has 0 spiro atoms. The molecule has 1 aromatic rings. The standard InChI is InChI=1S/C18H24I2O3/c1-13-9-10-15(11-16(13)20)22-12-14(19)7-5-6-8-17(21)23-18(2,3)4/h6,8-11,14H,5,7,12H2,1-4H3/b8-6+/t14-/m0/s1. The summed E-state index contributed by atoms with van der Waals surface area (Å²) in [6.07, 6.45) is 5.18. The van der Waals surface area contributed by atoms with Gasteiger partial charge in [0.2, 0.25) is 0 Å². The molecule has 0 amide bonds. The van der Waals surface area contributed by atoms with E-state index in [0.29, 0.717) is 10.5 Å². The predicted octanol–water partition coefficient (Wildman–Crippen LogP) is 5.46. The van der Waals surface area contributed by atoms with E-state index in [-0.39, 0.29) is 5.97 Å². The van der Waals surface area contributed by atoms with Gasteiger partial charge >= 0.3 is 5.97 Å². The number of carbonyl (C=O) groups is 1. The summed E-state index contributed by atoms with van der Waals surface area (Å²) in [5.74, 6) is 0.624. The van der Waals surface area contributed by atoms with Crippen LogP contribution in [0.2, 0.25) is 0 Å². The monoisotopic (exact) mass is 542 g/mol. The van der Waals surface area contributed by atoms with Crippen molar-refractivity contribution < 1.29 is 14.3 Å². The molecule has 1 aromatic carbocycles. The summed E-state index contributed by atoms with van der Waals surface area (Å²) >= 11 is 4.70. The number of ether oxygens (including phenoxy) is 2. The fourth-order valence-electron chi connectivity index (χ4n) is 1.73.